The normalized spacial score (nSPS) is 22.6. The quantitative estimate of drug-likeness (QED) is 0.769. The molecule has 1 aliphatic rings. The maximum absolute atomic E-state index is 12.4. The van der Waals surface area contributed by atoms with Crippen molar-refractivity contribution in [1.82, 2.24) is 0 Å². The van der Waals surface area contributed by atoms with Crippen LogP contribution in [0.25, 0.3) is 0 Å². The van der Waals surface area contributed by atoms with Gasteiger partial charge in [0.25, 0.3) is 0 Å². The Morgan fingerprint density at radius 2 is 1.79 bits per heavy atom. The minimum atomic E-state index is -0.821. The molecule has 0 aromatic rings. The number of ether oxygens (including phenoxy) is 1. The molecule has 0 aromatic carbocycles. The summed E-state index contributed by atoms with van der Waals surface area (Å²) >= 11 is 0. The molecule has 1 unspecified atom stereocenters. The van der Waals surface area contributed by atoms with Crippen LogP contribution >= 0.6 is 0 Å². The zero-order chi connectivity index (χ0) is 14.6. The Balaban J connectivity index is 2.81. The van der Waals surface area contributed by atoms with Gasteiger partial charge >= 0.3 is 5.97 Å². The molecule has 0 aliphatic heterocycles. The molecule has 0 heterocycles. The minimum Gasteiger partial charge on any atom is -0.460 e. The highest BCUT2D eigenvalue weighted by molar-refractivity contribution is 5.74. The third-order valence-corrected chi connectivity index (χ3v) is 3.74. The molecule has 0 saturated heterocycles. The van der Waals surface area contributed by atoms with Gasteiger partial charge in [-0.3, -0.25) is 4.79 Å². The first-order valence-electron chi connectivity index (χ1n) is 7.39. The zero-order valence-corrected chi connectivity index (χ0v) is 12.7. The van der Waals surface area contributed by atoms with Crippen molar-refractivity contribution >= 4 is 5.97 Å². The fraction of sp³-hybridized carbons (Fsp3) is 0.933. The van der Waals surface area contributed by atoms with Crippen LogP contribution in [0.2, 0.25) is 0 Å². The molecule has 1 fully saturated rings. The average molecular weight is 271 g/mol. The highest BCUT2D eigenvalue weighted by atomic mass is 16.6. The summed E-state index contributed by atoms with van der Waals surface area (Å²) in [5.41, 5.74) is 5.26. The van der Waals surface area contributed by atoms with Crippen molar-refractivity contribution in [3.63, 3.8) is 0 Å². The maximum Gasteiger partial charge on any atom is 0.312 e. The molecule has 1 saturated carbocycles. The van der Waals surface area contributed by atoms with Crippen molar-refractivity contribution < 1.29 is 14.6 Å². The highest BCUT2D eigenvalue weighted by Gasteiger charge is 2.39. The van der Waals surface area contributed by atoms with Gasteiger partial charge in [0.1, 0.15) is 5.60 Å². The van der Waals surface area contributed by atoms with E-state index >= 15 is 0 Å². The Morgan fingerprint density at radius 1 is 1.26 bits per heavy atom. The predicted octanol–water partition coefficient (Wildman–Crippen LogP) is 2.23. The smallest absolute Gasteiger partial charge is 0.312 e. The van der Waals surface area contributed by atoms with E-state index in [1.54, 1.807) is 6.92 Å². The van der Waals surface area contributed by atoms with Crippen LogP contribution in [0.5, 0.6) is 0 Å². The van der Waals surface area contributed by atoms with Crippen molar-refractivity contribution in [1.29, 1.82) is 0 Å². The van der Waals surface area contributed by atoms with Crippen LogP contribution in [-0.4, -0.2) is 28.8 Å². The molecule has 1 rings (SSSR count). The molecule has 4 heteroatoms. The first-order chi connectivity index (χ1) is 8.72. The van der Waals surface area contributed by atoms with E-state index in [-0.39, 0.29) is 11.9 Å². The second-order valence-corrected chi connectivity index (χ2v) is 6.81. The lowest BCUT2D eigenvalue weighted by molar-refractivity contribution is -0.168. The van der Waals surface area contributed by atoms with Gasteiger partial charge in [0.15, 0.2) is 0 Å². The molecular formula is C15H29NO3. The summed E-state index contributed by atoms with van der Waals surface area (Å²) in [6, 6.07) is -0.417. The lowest BCUT2D eigenvalue weighted by Crippen LogP contribution is -2.47. The molecule has 0 bridgehead atoms. The van der Waals surface area contributed by atoms with Gasteiger partial charge in [-0.15, -0.1) is 0 Å². The predicted molar refractivity (Wildman–Crippen MR) is 75.6 cm³/mol. The van der Waals surface area contributed by atoms with E-state index in [2.05, 4.69) is 0 Å². The Bertz CT molecular complexity index is 290. The summed E-state index contributed by atoms with van der Waals surface area (Å²) in [5.74, 6) is -0.590. The second-order valence-electron chi connectivity index (χ2n) is 6.81. The fourth-order valence-electron chi connectivity index (χ4n) is 2.80. The fourth-order valence-corrected chi connectivity index (χ4v) is 2.80. The number of aliphatic hydroxyl groups excluding tert-OH is 1. The number of hydrogen-bond acceptors (Lipinski definition) is 4. The SMILES string of the molecule is C[C@@H](N)[C@H](O)C(C(=O)OC(C)(C)C)C1CCCCC1. The molecule has 4 nitrogen and oxygen atoms in total. The Labute approximate surface area is 116 Å². The molecule has 112 valence electrons. The van der Waals surface area contributed by atoms with Crippen molar-refractivity contribution in [2.24, 2.45) is 17.6 Å². The van der Waals surface area contributed by atoms with Gasteiger partial charge in [-0.2, -0.15) is 0 Å². The van der Waals surface area contributed by atoms with Crippen LogP contribution in [0.4, 0.5) is 0 Å². The van der Waals surface area contributed by atoms with E-state index in [9.17, 15) is 9.90 Å². The number of aliphatic hydroxyl groups is 1. The maximum atomic E-state index is 12.4. The Hall–Kier alpha value is -0.610. The van der Waals surface area contributed by atoms with Crippen LogP contribution in [0, 0.1) is 11.8 Å². The summed E-state index contributed by atoms with van der Waals surface area (Å²) < 4.78 is 5.47. The number of hydrogen-bond donors (Lipinski definition) is 2. The van der Waals surface area contributed by atoms with E-state index in [4.69, 9.17) is 10.5 Å². The summed E-state index contributed by atoms with van der Waals surface area (Å²) in [7, 11) is 0. The average Bonchev–Trinajstić information content (AvgIpc) is 2.28. The van der Waals surface area contributed by atoms with Crippen molar-refractivity contribution in [3.8, 4) is 0 Å². The van der Waals surface area contributed by atoms with Gasteiger partial charge < -0.3 is 15.6 Å². The molecule has 1 aliphatic carbocycles. The van der Waals surface area contributed by atoms with E-state index in [0.29, 0.717) is 0 Å². The highest BCUT2D eigenvalue weighted by Crippen LogP contribution is 2.34. The third kappa shape index (κ3) is 5.11. The van der Waals surface area contributed by atoms with E-state index in [0.717, 1.165) is 25.7 Å². The number of esters is 1. The van der Waals surface area contributed by atoms with Crippen LogP contribution in [0.15, 0.2) is 0 Å². The minimum absolute atomic E-state index is 0.199. The Morgan fingerprint density at radius 3 is 2.21 bits per heavy atom. The van der Waals surface area contributed by atoms with Crippen LogP contribution in [0.3, 0.4) is 0 Å². The second kappa shape index (κ2) is 6.71. The van der Waals surface area contributed by atoms with Crippen molar-refractivity contribution in [2.45, 2.75) is 77.5 Å². The van der Waals surface area contributed by atoms with Crippen molar-refractivity contribution in [2.75, 3.05) is 0 Å². The molecule has 0 amide bonds. The standard InChI is InChI=1S/C15H29NO3/c1-10(16)13(17)12(11-8-6-5-7-9-11)14(18)19-15(2,3)4/h10-13,17H,5-9,16H2,1-4H3/t10-,12?,13+/m1/s1. The lowest BCUT2D eigenvalue weighted by Gasteiger charge is -2.35. The number of carbonyl (C=O) groups excluding carboxylic acids is 1. The van der Waals surface area contributed by atoms with Crippen LogP contribution in [-0.2, 0) is 9.53 Å². The molecule has 0 radical (unpaired) electrons. The van der Waals surface area contributed by atoms with Crippen molar-refractivity contribution in [3.05, 3.63) is 0 Å². The van der Waals surface area contributed by atoms with Gasteiger partial charge in [-0.05, 0) is 46.5 Å². The van der Waals surface area contributed by atoms with Gasteiger partial charge in [-0.25, -0.2) is 0 Å². The van der Waals surface area contributed by atoms with E-state index in [1.165, 1.54) is 6.42 Å². The summed E-state index contributed by atoms with van der Waals surface area (Å²) in [6.45, 7) is 7.29. The van der Waals surface area contributed by atoms with Gasteiger partial charge in [-0.1, -0.05) is 19.3 Å². The zero-order valence-electron chi connectivity index (χ0n) is 12.7. The first kappa shape index (κ1) is 16.4. The third-order valence-electron chi connectivity index (χ3n) is 3.74. The van der Waals surface area contributed by atoms with Gasteiger partial charge in [0, 0.05) is 6.04 Å². The summed E-state index contributed by atoms with van der Waals surface area (Å²) in [5, 5.41) is 10.3. The topological polar surface area (TPSA) is 72.5 Å². The number of rotatable bonds is 4. The molecule has 3 N–H and O–H groups in total. The molecule has 19 heavy (non-hydrogen) atoms. The summed E-state index contributed by atoms with van der Waals surface area (Å²) in [4.78, 5) is 12.4. The molecule has 0 spiro atoms. The van der Waals surface area contributed by atoms with E-state index < -0.39 is 23.7 Å². The van der Waals surface area contributed by atoms with Crippen LogP contribution < -0.4 is 5.73 Å². The van der Waals surface area contributed by atoms with Crippen LogP contribution in [0.1, 0.15) is 59.8 Å². The first-order valence-corrected chi connectivity index (χ1v) is 7.39. The lowest BCUT2D eigenvalue weighted by atomic mass is 9.76. The monoisotopic (exact) mass is 271 g/mol. The van der Waals surface area contributed by atoms with E-state index in [1.807, 2.05) is 20.8 Å². The largest absolute Gasteiger partial charge is 0.460 e. The number of carbonyl (C=O) groups is 1. The molecular weight excluding hydrogens is 242 g/mol. The van der Waals surface area contributed by atoms with Gasteiger partial charge in [0.05, 0.1) is 12.0 Å². The molecule has 3 atom stereocenters. The molecule has 0 aromatic heterocycles. The van der Waals surface area contributed by atoms with Gasteiger partial charge in [0.2, 0.25) is 0 Å². The summed E-state index contributed by atoms with van der Waals surface area (Å²) in [6.07, 6.45) is 4.59. The Kier molecular flexibility index (Phi) is 5.81. The number of nitrogens with two attached hydrogens (primary N) is 1.